The first-order valence-corrected chi connectivity index (χ1v) is 5.75. The van der Waals surface area contributed by atoms with Crippen molar-refractivity contribution in [3.05, 3.63) is 12.3 Å². The van der Waals surface area contributed by atoms with E-state index in [1.54, 1.807) is 0 Å². The highest BCUT2D eigenvalue weighted by Gasteiger charge is 2.41. The monoisotopic (exact) mass is 197 g/mol. The van der Waals surface area contributed by atoms with Crippen molar-refractivity contribution in [1.29, 1.82) is 0 Å². The SMILES string of the molecule is CSC1(CNc2ccnn2C)CC1. The fourth-order valence-corrected chi connectivity index (χ4v) is 2.12. The molecule has 1 aliphatic rings. The molecule has 1 N–H and O–H groups in total. The zero-order chi connectivity index (χ0) is 9.31. The van der Waals surface area contributed by atoms with E-state index >= 15 is 0 Å². The maximum Gasteiger partial charge on any atom is 0.123 e. The van der Waals surface area contributed by atoms with Crippen LogP contribution in [0.1, 0.15) is 12.8 Å². The van der Waals surface area contributed by atoms with Crippen LogP contribution in [-0.2, 0) is 7.05 Å². The highest BCUT2D eigenvalue weighted by Crippen LogP contribution is 2.46. The average molecular weight is 197 g/mol. The molecular weight excluding hydrogens is 182 g/mol. The van der Waals surface area contributed by atoms with E-state index in [9.17, 15) is 0 Å². The molecule has 1 saturated carbocycles. The molecule has 3 nitrogen and oxygen atoms in total. The predicted molar refractivity (Wildman–Crippen MR) is 57.2 cm³/mol. The quantitative estimate of drug-likeness (QED) is 0.797. The van der Waals surface area contributed by atoms with Gasteiger partial charge in [-0.15, -0.1) is 0 Å². The minimum absolute atomic E-state index is 0.518. The number of thioether (sulfide) groups is 1. The fourth-order valence-electron chi connectivity index (χ4n) is 1.39. The number of hydrogen-bond acceptors (Lipinski definition) is 3. The molecule has 0 bridgehead atoms. The number of nitrogens with zero attached hydrogens (tertiary/aromatic N) is 2. The van der Waals surface area contributed by atoms with E-state index < -0.39 is 0 Å². The third-order valence-electron chi connectivity index (χ3n) is 2.65. The number of aromatic nitrogens is 2. The Morgan fingerprint density at radius 2 is 2.46 bits per heavy atom. The predicted octanol–water partition coefficient (Wildman–Crippen LogP) is 1.73. The van der Waals surface area contributed by atoms with Crippen LogP contribution in [-0.4, -0.2) is 27.3 Å². The van der Waals surface area contributed by atoms with Crippen LogP contribution >= 0.6 is 11.8 Å². The number of hydrogen-bond donors (Lipinski definition) is 1. The molecule has 0 radical (unpaired) electrons. The van der Waals surface area contributed by atoms with E-state index in [2.05, 4.69) is 16.7 Å². The van der Waals surface area contributed by atoms with Gasteiger partial charge in [0.2, 0.25) is 0 Å². The van der Waals surface area contributed by atoms with E-state index in [0.717, 1.165) is 12.4 Å². The second-order valence-corrected chi connectivity index (χ2v) is 4.86. The number of aryl methyl sites for hydroxylation is 1. The van der Waals surface area contributed by atoms with Crippen molar-refractivity contribution in [3.63, 3.8) is 0 Å². The van der Waals surface area contributed by atoms with E-state index in [1.807, 2.05) is 35.8 Å². The Balaban J connectivity index is 1.90. The van der Waals surface area contributed by atoms with Gasteiger partial charge in [0.05, 0.1) is 6.20 Å². The van der Waals surface area contributed by atoms with Crippen molar-refractivity contribution >= 4 is 17.6 Å². The van der Waals surface area contributed by atoms with E-state index in [0.29, 0.717) is 4.75 Å². The molecule has 0 aliphatic heterocycles. The minimum Gasteiger partial charge on any atom is -0.369 e. The fraction of sp³-hybridized carbons (Fsp3) is 0.667. The lowest BCUT2D eigenvalue weighted by Crippen LogP contribution is -2.18. The Kier molecular flexibility index (Phi) is 2.24. The summed E-state index contributed by atoms with van der Waals surface area (Å²) in [6, 6.07) is 2.01. The third-order valence-corrected chi connectivity index (χ3v) is 4.07. The minimum atomic E-state index is 0.518. The molecule has 0 amide bonds. The lowest BCUT2D eigenvalue weighted by Gasteiger charge is -2.13. The van der Waals surface area contributed by atoms with Crippen LogP contribution in [0.2, 0.25) is 0 Å². The molecule has 0 atom stereocenters. The van der Waals surface area contributed by atoms with Gasteiger partial charge in [-0.1, -0.05) is 0 Å². The van der Waals surface area contributed by atoms with Crippen LogP contribution in [0.3, 0.4) is 0 Å². The summed E-state index contributed by atoms with van der Waals surface area (Å²) in [7, 11) is 1.96. The molecule has 0 aromatic carbocycles. The molecule has 13 heavy (non-hydrogen) atoms. The molecule has 1 heterocycles. The molecule has 1 aromatic rings. The second kappa shape index (κ2) is 3.25. The summed E-state index contributed by atoms with van der Waals surface area (Å²) in [6.07, 6.45) is 6.71. The van der Waals surface area contributed by atoms with E-state index in [1.165, 1.54) is 12.8 Å². The summed E-state index contributed by atoms with van der Waals surface area (Å²) in [4.78, 5) is 0. The van der Waals surface area contributed by atoms with Gasteiger partial charge in [-0.25, -0.2) is 0 Å². The summed E-state index contributed by atoms with van der Waals surface area (Å²) in [5.41, 5.74) is 0. The molecule has 1 aliphatic carbocycles. The van der Waals surface area contributed by atoms with Crippen LogP contribution in [0.5, 0.6) is 0 Å². The normalized spacial score (nSPS) is 18.6. The second-order valence-electron chi connectivity index (χ2n) is 3.58. The van der Waals surface area contributed by atoms with Gasteiger partial charge < -0.3 is 5.32 Å². The Morgan fingerprint density at radius 3 is 2.92 bits per heavy atom. The number of anilines is 1. The van der Waals surface area contributed by atoms with Crippen molar-refractivity contribution in [2.45, 2.75) is 17.6 Å². The summed E-state index contributed by atoms with van der Waals surface area (Å²) in [6.45, 7) is 1.06. The van der Waals surface area contributed by atoms with Gasteiger partial charge in [0.15, 0.2) is 0 Å². The molecule has 2 rings (SSSR count). The topological polar surface area (TPSA) is 29.9 Å². The van der Waals surface area contributed by atoms with Gasteiger partial charge >= 0.3 is 0 Å². The first-order chi connectivity index (χ1) is 6.26. The van der Waals surface area contributed by atoms with Crippen molar-refractivity contribution in [2.24, 2.45) is 7.05 Å². The number of nitrogens with one attached hydrogen (secondary N) is 1. The van der Waals surface area contributed by atoms with E-state index in [-0.39, 0.29) is 0 Å². The maximum atomic E-state index is 4.11. The van der Waals surface area contributed by atoms with Crippen molar-refractivity contribution < 1.29 is 0 Å². The van der Waals surface area contributed by atoms with Gasteiger partial charge in [-0.2, -0.15) is 16.9 Å². The lowest BCUT2D eigenvalue weighted by atomic mass is 10.4. The van der Waals surface area contributed by atoms with Gasteiger partial charge in [0, 0.05) is 24.4 Å². The summed E-state index contributed by atoms with van der Waals surface area (Å²) in [5, 5.41) is 7.54. The van der Waals surface area contributed by atoms with Gasteiger partial charge in [0.1, 0.15) is 5.82 Å². The summed E-state index contributed by atoms with van der Waals surface area (Å²) in [5.74, 6) is 1.11. The lowest BCUT2D eigenvalue weighted by molar-refractivity contribution is 0.765. The molecule has 72 valence electrons. The zero-order valence-corrected chi connectivity index (χ0v) is 8.90. The molecular formula is C9H15N3S. The van der Waals surface area contributed by atoms with Gasteiger partial charge in [-0.05, 0) is 19.1 Å². The first-order valence-electron chi connectivity index (χ1n) is 4.53. The molecule has 1 fully saturated rings. The number of rotatable bonds is 4. The largest absolute Gasteiger partial charge is 0.369 e. The van der Waals surface area contributed by atoms with Crippen LogP contribution in [0.25, 0.3) is 0 Å². The Bertz CT molecular complexity index is 291. The highest BCUT2D eigenvalue weighted by atomic mass is 32.2. The smallest absolute Gasteiger partial charge is 0.123 e. The van der Waals surface area contributed by atoms with Crippen LogP contribution in [0, 0.1) is 0 Å². The standard InChI is InChI=1S/C9H15N3S/c1-12-8(3-6-11-12)10-7-9(13-2)4-5-9/h3,6,10H,4-5,7H2,1-2H3. The summed E-state index contributed by atoms with van der Waals surface area (Å²) < 4.78 is 2.39. The van der Waals surface area contributed by atoms with Gasteiger partial charge in [-0.3, -0.25) is 4.68 Å². The van der Waals surface area contributed by atoms with Gasteiger partial charge in [0.25, 0.3) is 0 Å². The average Bonchev–Trinajstić information content (AvgIpc) is 2.82. The first kappa shape index (κ1) is 8.94. The Hall–Kier alpha value is -0.640. The Labute approximate surface area is 82.9 Å². The highest BCUT2D eigenvalue weighted by molar-refractivity contribution is 8.00. The molecule has 4 heteroatoms. The molecule has 0 saturated heterocycles. The van der Waals surface area contributed by atoms with Crippen LogP contribution in [0.4, 0.5) is 5.82 Å². The van der Waals surface area contributed by atoms with Crippen molar-refractivity contribution in [1.82, 2.24) is 9.78 Å². The summed E-state index contributed by atoms with van der Waals surface area (Å²) >= 11 is 1.97. The third kappa shape index (κ3) is 1.82. The molecule has 1 aromatic heterocycles. The molecule has 0 spiro atoms. The maximum absolute atomic E-state index is 4.11. The van der Waals surface area contributed by atoms with Crippen LogP contribution in [0.15, 0.2) is 12.3 Å². The van der Waals surface area contributed by atoms with Crippen LogP contribution < -0.4 is 5.32 Å². The van der Waals surface area contributed by atoms with E-state index in [4.69, 9.17) is 0 Å². The Morgan fingerprint density at radius 1 is 1.69 bits per heavy atom. The van der Waals surface area contributed by atoms with Crippen molar-refractivity contribution in [3.8, 4) is 0 Å². The molecule has 0 unspecified atom stereocenters. The zero-order valence-electron chi connectivity index (χ0n) is 8.08. The van der Waals surface area contributed by atoms with Crippen molar-refractivity contribution in [2.75, 3.05) is 18.1 Å².